The molecule has 0 aliphatic carbocycles. The quantitative estimate of drug-likeness (QED) is 0.108. The Morgan fingerprint density at radius 1 is 1.04 bits per heavy atom. The molecule has 3 aromatic carbocycles. The van der Waals surface area contributed by atoms with Crippen molar-refractivity contribution in [3.63, 3.8) is 0 Å². The number of thiazole rings is 1. The third-order valence-corrected chi connectivity index (χ3v) is 9.77. The maximum absolute atomic E-state index is 14.5. The number of nitrogens with zero attached hydrogens (tertiary/aromatic N) is 3. The van der Waals surface area contributed by atoms with Crippen LogP contribution in [0.2, 0.25) is 10.0 Å². The molecule has 0 bridgehead atoms. The molecule has 9 nitrogen and oxygen atoms in total. The number of hydrogen-bond acceptors (Lipinski definition) is 8. The minimum Gasteiger partial charge on any atom is -0.493 e. The van der Waals surface area contributed by atoms with Gasteiger partial charge in [-0.2, -0.15) is 0 Å². The van der Waals surface area contributed by atoms with Gasteiger partial charge in [0.2, 0.25) is 0 Å². The Morgan fingerprint density at radius 2 is 1.86 bits per heavy atom. The highest BCUT2D eigenvalue weighted by Crippen LogP contribution is 2.41. The van der Waals surface area contributed by atoms with Crippen LogP contribution in [0, 0.1) is 0 Å². The van der Waals surface area contributed by atoms with E-state index in [2.05, 4.69) is 4.57 Å². The van der Waals surface area contributed by atoms with Gasteiger partial charge in [0, 0.05) is 51.9 Å². The highest BCUT2D eigenvalue weighted by atomic mass is 35.5. The first-order valence-electron chi connectivity index (χ1n) is 15.8. The fourth-order valence-corrected chi connectivity index (χ4v) is 7.44. The summed E-state index contributed by atoms with van der Waals surface area (Å²) in [7, 11) is 3.09. The summed E-state index contributed by atoms with van der Waals surface area (Å²) in [6, 6.07) is 18.0. The van der Waals surface area contributed by atoms with Crippen LogP contribution in [0.1, 0.15) is 43.0 Å². The molecule has 2 aromatic heterocycles. The SMILES string of the molecule is CCCOc1c(OC)cccc1[C@H]1C(C(=O)OCCOC)=C(C)N=c2s/c(=C/c3cn(Cc4ccc(Cl)cc4Cl)c4ccccc34)c(=O)n21. The highest BCUT2D eigenvalue weighted by Gasteiger charge is 2.36. The summed E-state index contributed by atoms with van der Waals surface area (Å²) in [5.41, 5.74) is 3.72. The van der Waals surface area contributed by atoms with Crippen molar-refractivity contribution in [2.75, 3.05) is 34.0 Å². The Bertz CT molecular complexity index is 2250. The molecule has 1 atom stereocenters. The lowest BCUT2D eigenvalue weighted by Crippen LogP contribution is -2.40. The molecule has 0 saturated heterocycles. The van der Waals surface area contributed by atoms with Crippen LogP contribution < -0.4 is 24.4 Å². The van der Waals surface area contributed by atoms with Gasteiger partial charge >= 0.3 is 5.97 Å². The fraction of sp³-hybridized carbons (Fsp3) is 0.270. The predicted molar refractivity (Wildman–Crippen MR) is 193 cm³/mol. The third kappa shape index (κ3) is 6.91. The zero-order valence-corrected chi connectivity index (χ0v) is 29.8. The largest absolute Gasteiger partial charge is 0.493 e. The van der Waals surface area contributed by atoms with E-state index in [1.54, 1.807) is 30.7 Å². The smallest absolute Gasteiger partial charge is 0.338 e. The molecule has 3 heterocycles. The molecular formula is C37H35Cl2N3O6S. The van der Waals surface area contributed by atoms with Crippen LogP contribution in [0.5, 0.6) is 11.5 Å². The molecule has 0 N–H and O–H groups in total. The van der Waals surface area contributed by atoms with Crippen LogP contribution in [0.25, 0.3) is 17.0 Å². The van der Waals surface area contributed by atoms with Crippen LogP contribution in [0.3, 0.4) is 0 Å². The van der Waals surface area contributed by atoms with E-state index in [1.807, 2.05) is 67.7 Å². The van der Waals surface area contributed by atoms with Crippen LogP contribution in [-0.2, 0) is 20.8 Å². The van der Waals surface area contributed by atoms with Crippen molar-refractivity contribution < 1.29 is 23.7 Å². The number of carbonyl (C=O) groups excluding carboxylic acids is 1. The van der Waals surface area contributed by atoms with E-state index in [1.165, 1.54) is 18.4 Å². The molecule has 49 heavy (non-hydrogen) atoms. The highest BCUT2D eigenvalue weighted by molar-refractivity contribution is 7.07. The number of ether oxygens (including phenoxy) is 4. The number of benzene rings is 3. The van der Waals surface area contributed by atoms with Gasteiger partial charge in [0.25, 0.3) is 5.56 Å². The summed E-state index contributed by atoms with van der Waals surface area (Å²) >= 11 is 13.9. The number of para-hydroxylation sites is 2. The molecule has 5 aromatic rings. The fourth-order valence-electron chi connectivity index (χ4n) is 5.94. The number of rotatable bonds is 12. The van der Waals surface area contributed by atoms with Gasteiger partial charge < -0.3 is 23.5 Å². The van der Waals surface area contributed by atoms with Gasteiger partial charge in [0.05, 0.1) is 36.1 Å². The van der Waals surface area contributed by atoms with E-state index in [0.29, 0.717) is 55.3 Å². The van der Waals surface area contributed by atoms with Gasteiger partial charge in [-0.3, -0.25) is 9.36 Å². The van der Waals surface area contributed by atoms with Crippen molar-refractivity contribution in [2.24, 2.45) is 4.99 Å². The van der Waals surface area contributed by atoms with Crippen LogP contribution in [-0.4, -0.2) is 49.1 Å². The Labute approximate surface area is 297 Å². The molecule has 0 spiro atoms. The summed E-state index contributed by atoms with van der Waals surface area (Å²) in [4.78, 5) is 33.4. The molecule has 0 fully saturated rings. The number of hydrogen-bond donors (Lipinski definition) is 0. The van der Waals surface area contributed by atoms with E-state index in [0.717, 1.165) is 28.5 Å². The van der Waals surface area contributed by atoms with Crippen LogP contribution >= 0.6 is 34.5 Å². The van der Waals surface area contributed by atoms with Crippen molar-refractivity contribution in [1.29, 1.82) is 0 Å². The van der Waals surface area contributed by atoms with Crippen LogP contribution in [0.15, 0.2) is 87.9 Å². The van der Waals surface area contributed by atoms with Crippen molar-refractivity contribution in [3.8, 4) is 11.5 Å². The summed E-state index contributed by atoms with van der Waals surface area (Å²) in [6.07, 6.45) is 4.63. The molecule has 12 heteroatoms. The topological polar surface area (TPSA) is 93.3 Å². The van der Waals surface area contributed by atoms with E-state index in [9.17, 15) is 9.59 Å². The average Bonchev–Trinajstić information content (AvgIpc) is 3.59. The van der Waals surface area contributed by atoms with Gasteiger partial charge in [0.1, 0.15) is 12.6 Å². The first-order valence-corrected chi connectivity index (χ1v) is 17.3. The minimum absolute atomic E-state index is 0.0475. The Kier molecular flexibility index (Phi) is 10.6. The number of methoxy groups -OCH3 is 2. The number of allylic oxidation sites excluding steroid dienone is 1. The second-order valence-electron chi connectivity index (χ2n) is 11.4. The van der Waals surface area contributed by atoms with E-state index >= 15 is 0 Å². The first kappa shape index (κ1) is 34.5. The zero-order valence-electron chi connectivity index (χ0n) is 27.5. The normalized spacial score (nSPS) is 14.6. The lowest BCUT2D eigenvalue weighted by molar-refractivity contribution is -0.140. The number of esters is 1. The average molecular weight is 721 g/mol. The molecule has 0 amide bonds. The third-order valence-electron chi connectivity index (χ3n) is 8.20. The van der Waals surface area contributed by atoms with Crippen molar-refractivity contribution in [1.82, 2.24) is 9.13 Å². The lowest BCUT2D eigenvalue weighted by atomic mass is 9.94. The Morgan fingerprint density at radius 3 is 2.61 bits per heavy atom. The van der Waals surface area contributed by atoms with Gasteiger partial charge in [-0.05, 0) is 49.2 Å². The summed E-state index contributed by atoms with van der Waals surface area (Å²) in [5.74, 6) is 0.349. The Hall–Kier alpha value is -4.35. The maximum atomic E-state index is 14.5. The molecule has 0 unspecified atom stereocenters. The molecule has 0 saturated carbocycles. The standard InChI is InChI=1S/C37H35Cl2N3O6S/c1-5-15-47-34-27(10-8-12-30(34)46-4)33-32(36(44)48-17-16-45-3)22(2)40-37-42(33)35(43)31(49-37)18-24-21-41(29-11-7-6-9-26(24)29)20-23-13-14-25(38)19-28(23)39/h6-14,18-19,21,33H,5,15-17,20H2,1-4H3/b31-18+/t33-/m0/s1. The second kappa shape index (κ2) is 15.0. The monoisotopic (exact) mass is 719 g/mol. The second-order valence-corrected chi connectivity index (χ2v) is 13.3. The molecule has 254 valence electrons. The molecule has 6 rings (SSSR count). The van der Waals surface area contributed by atoms with Crippen molar-refractivity contribution >= 4 is 57.5 Å². The van der Waals surface area contributed by atoms with Gasteiger partial charge in [0.15, 0.2) is 16.3 Å². The van der Waals surface area contributed by atoms with E-state index in [4.69, 9.17) is 47.1 Å². The van der Waals surface area contributed by atoms with Crippen molar-refractivity contribution in [2.45, 2.75) is 32.9 Å². The molecule has 0 radical (unpaired) electrons. The van der Waals surface area contributed by atoms with Gasteiger partial charge in [-0.1, -0.05) is 77.9 Å². The minimum atomic E-state index is -0.885. The molecule has 1 aliphatic heterocycles. The first-order chi connectivity index (χ1) is 23.7. The number of carbonyl (C=O) groups is 1. The predicted octanol–water partition coefficient (Wildman–Crippen LogP) is 6.53. The van der Waals surface area contributed by atoms with E-state index in [-0.39, 0.29) is 24.3 Å². The summed E-state index contributed by atoms with van der Waals surface area (Å²) in [6.45, 7) is 4.95. The number of halogens is 2. The van der Waals surface area contributed by atoms with Crippen LogP contribution in [0.4, 0.5) is 0 Å². The van der Waals surface area contributed by atoms with Crippen molar-refractivity contribution in [3.05, 3.63) is 125 Å². The molecular weight excluding hydrogens is 685 g/mol. The van der Waals surface area contributed by atoms with Gasteiger partial charge in [-0.15, -0.1) is 0 Å². The summed E-state index contributed by atoms with van der Waals surface area (Å²) < 4.78 is 26.7. The Balaban J connectivity index is 1.52. The summed E-state index contributed by atoms with van der Waals surface area (Å²) in [5, 5.41) is 2.11. The number of aromatic nitrogens is 2. The van der Waals surface area contributed by atoms with E-state index < -0.39 is 12.0 Å². The lowest BCUT2D eigenvalue weighted by Gasteiger charge is -2.27. The number of fused-ring (bicyclic) bond motifs is 2. The van der Waals surface area contributed by atoms with Gasteiger partial charge in [-0.25, -0.2) is 9.79 Å². The maximum Gasteiger partial charge on any atom is 0.338 e. The molecule has 1 aliphatic rings. The zero-order chi connectivity index (χ0) is 34.7.